The number of nitrogen functional groups attached to an aromatic ring is 1. The van der Waals surface area contributed by atoms with Gasteiger partial charge in [0.05, 0.1) is 0 Å². The number of nitrogens with two attached hydrogens (primary N) is 1. The molecule has 1 heterocycles. The summed E-state index contributed by atoms with van der Waals surface area (Å²) in [5, 5.41) is 0. The largest absolute Gasteiger partial charge is 0.356 e. The average Bonchev–Trinajstić information content (AvgIpc) is 2.47. The highest BCUT2D eigenvalue weighted by molar-refractivity contribution is 9.10. The fourth-order valence-corrected chi connectivity index (χ4v) is 3.42. The molecule has 1 aromatic heterocycles. The van der Waals surface area contributed by atoms with Gasteiger partial charge in [-0.15, -0.1) is 0 Å². The molecule has 1 saturated carbocycles. The van der Waals surface area contributed by atoms with Crippen molar-refractivity contribution in [3.8, 4) is 0 Å². The van der Waals surface area contributed by atoms with Gasteiger partial charge in [0.2, 0.25) is 0 Å². The van der Waals surface area contributed by atoms with E-state index in [1.54, 1.807) is 6.33 Å². The zero-order valence-corrected chi connectivity index (χ0v) is 13.2. The average molecular weight is 328 g/mol. The summed E-state index contributed by atoms with van der Waals surface area (Å²) >= 11 is 3.53. The van der Waals surface area contributed by atoms with Gasteiger partial charge >= 0.3 is 0 Å². The SMILES string of the molecule is CCC1CCC(N(C)c2ncnc(NN)c2Br)CC1. The number of hydrazine groups is 1. The molecule has 0 spiro atoms. The van der Waals surface area contributed by atoms with E-state index >= 15 is 0 Å². The van der Waals surface area contributed by atoms with Crippen molar-refractivity contribution in [3.63, 3.8) is 0 Å². The lowest BCUT2D eigenvalue weighted by atomic mass is 9.84. The Morgan fingerprint density at radius 1 is 1.37 bits per heavy atom. The summed E-state index contributed by atoms with van der Waals surface area (Å²) in [5.41, 5.74) is 2.58. The monoisotopic (exact) mass is 327 g/mol. The van der Waals surface area contributed by atoms with Crippen LogP contribution in [0.5, 0.6) is 0 Å². The van der Waals surface area contributed by atoms with Gasteiger partial charge in [0.1, 0.15) is 16.6 Å². The van der Waals surface area contributed by atoms with Crippen LogP contribution in [0.4, 0.5) is 11.6 Å². The molecule has 106 valence electrons. The standard InChI is InChI=1S/C13H22BrN5/c1-3-9-4-6-10(7-5-9)19(2)13-11(14)12(18-15)16-8-17-13/h8-10H,3-7,15H2,1-2H3,(H,16,17,18). The maximum atomic E-state index is 5.45. The number of nitrogens with zero attached hydrogens (tertiary/aromatic N) is 3. The third-order valence-electron chi connectivity index (χ3n) is 4.18. The fourth-order valence-electron chi connectivity index (χ4n) is 2.82. The summed E-state index contributed by atoms with van der Waals surface area (Å²) < 4.78 is 0.831. The Morgan fingerprint density at radius 3 is 2.63 bits per heavy atom. The molecule has 1 aliphatic carbocycles. The first-order valence-corrected chi connectivity index (χ1v) is 7.66. The van der Waals surface area contributed by atoms with Crippen LogP contribution in [0.2, 0.25) is 0 Å². The maximum Gasteiger partial charge on any atom is 0.159 e. The predicted octanol–water partition coefficient (Wildman–Crippen LogP) is 2.93. The molecule has 0 radical (unpaired) electrons. The zero-order valence-electron chi connectivity index (χ0n) is 11.6. The lowest BCUT2D eigenvalue weighted by Gasteiger charge is -2.35. The van der Waals surface area contributed by atoms with Gasteiger partial charge in [0, 0.05) is 13.1 Å². The van der Waals surface area contributed by atoms with Gasteiger partial charge in [-0.05, 0) is 47.5 Å². The number of nitrogens with one attached hydrogen (secondary N) is 1. The summed E-state index contributed by atoms with van der Waals surface area (Å²) in [5.74, 6) is 7.88. The van der Waals surface area contributed by atoms with Crippen LogP contribution in [0.15, 0.2) is 10.8 Å². The van der Waals surface area contributed by atoms with Gasteiger partial charge in [-0.1, -0.05) is 13.3 Å². The molecule has 1 fully saturated rings. The zero-order chi connectivity index (χ0) is 13.8. The lowest BCUT2D eigenvalue weighted by molar-refractivity contribution is 0.312. The number of hydrogen-bond donors (Lipinski definition) is 2. The van der Waals surface area contributed by atoms with E-state index in [9.17, 15) is 0 Å². The van der Waals surface area contributed by atoms with E-state index in [4.69, 9.17) is 5.84 Å². The normalized spacial score (nSPS) is 23.2. The molecule has 2 rings (SSSR count). The Hall–Kier alpha value is -0.880. The Morgan fingerprint density at radius 2 is 2.05 bits per heavy atom. The third kappa shape index (κ3) is 3.17. The van der Waals surface area contributed by atoms with E-state index in [0.29, 0.717) is 11.9 Å². The maximum absolute atomic E-state index is 5.45. The Bertz CT molecular complexity index is 417. The van der Waals surface area contributed by atoms with Crippen LogP contribution in [0.1, 0.15) is 39.0 Å². The second-order valence-corrected chi connectivity index (χ2v) is 5.99. The van der Waals surface area contributed by atoms with Crippen molar-refractivity contribution in [2.75, 3.05) is 17.4 Å². The van der Waals surface area contributed by atoms with Crippen molar-refractivity contribution in [3.05, 3.63) is 10.8 Å². The molecular weight excluding hydrogens is 306 g/mol. The molecule has 6 heteroatoms. The van der Waals surface area contributed by atoms with Crippen molar-refractivity contribution < 1.29 is 0 Å². The molecule has 0 atom stereocenters. The molecule has 0 aliphatic heterocycles. The first kappa shape index (κ1) is 14.5. The molecule has 0 aromatic carbocycles. The first-order chi connectivity index (χ1) is 9.17. The molecule has 1 aromatic rings. The van der Waals surface area contributed by atoms with Crippen LogP contribution in [0, 0.1) is 5.92 Å². The fraction of sp³-hybridized carbons (Fsp3) is 0.692. The number of anilines is 2. The van der Waals surface area contributed by atoms with Gasteiger partial charge in [-0.25, -0.2) is 15.8 Å². The van der Waals surface area contributed by atoms with Crippen molar-refractivity contribution in [2.24, 2.45) is 11.8 Å². The van der Waals surface area contributed by atoms with E-state index in [1.165, 1.54) is 32.1 Å². The Balaban J connectivity index is 2.10. The molecule has 1 aliphatic rings. The minimum absolute atomic E-state index is 0.555. The Kier molecular flexibility index (Phi) is 4.99. The second-order valence-electron chi connectivity index (χ2n) is 5.20. The van der Waals surface area contributed by atoms with Gasteiger partial charge < -0.3 is 10.3 Å². The molecule has 0 unspecified atom stereocenters. The summed E-state index contributed by atoms with van der Waals surface area (Å²) in [7, 11) is 2.10. The first-order valence-electron chi connectivity index (χ1n) is 6.87. The van der Waals surface area contributed by atoms with E-state index in [1.807, 2.05) is 0 Å². The Labute approximate surface area is 123 Å². The number of hydrogen-bond acceptors (Lipinski definition) is 5. The highest BCUT2D eigenvalue weighted by atomic mass is 79.9. The highest BCUT2D eigenvalue weighted by Gasteiger charge is 2.25. The molecular formula is C13H22BrN5. The predicted molar refractivity (Wildman–Crippen MR) is 82.0 cm³/mol. The van der Waals surface area contributed by atoms with E-state index in [-0.39, 0.29) is 0 Å². The van der Waals surface area contributed by atoms with Crippen LogP contribution in [0.25, 0.3) is 0 Å². The van der Waals surface area contributed by atoms with Gasteiger partial charge in [0.15, 0.2) is 5.82 Å². The van der Waals surface area contributed by atoms with Crippen LogP contribution in [0.3, 0.4) is 0 Å². The van der Waals surface area contributed by atoms with Crippen molar-refractivity contribution in [1.29, 1.82) is 0 Å². The summed E-state index contributed by atoms with van der Waals surface area (Å²) in [6.07, 6.45) is 7.94. The molecule has 3 N–H and O–H groups in total. The minimum atomic E-state index is 0.555. The third-order valence-corrected chi connectivity index (χ3v) is 4.91. The topological polar surface area (TPSA) is 67.1 Å². The van der Waals surface area contributed by atoms with E-state index in [0.717, 1.165) is 16.2 Å². The van der Waals surface area contributed by atoms with Crippen molar-refractivity contribution in [1.82, 2.24) is 9.97 Å². The highest BCUT2D eigenvalue weighted by Crippen LogP contribution is 2.34. The number of halogens is 1. The van der Waals surface area contributed by atoms with Crippen LogP contribution in [-0.2, 0) is 0 Å². The number of aromatic nitrogens is 2. The van der Waals surface area contributed by atoms with Gasteiger partial charge in [0.25, 0.3) is 0 Å². The molecule has 0 saturated heterocycles. The van der Waals surface area contributed by atoms with Crippen molar-refractivity contribution in [2.45, 2.75) is 45.1 Å². The van der Waals surface area contributed by atoms with E-state index < -0.39 is 0 Å². The van der Waals surface area contributed by atoms with Gasteiger partial charge in [-0.2, -0.15) is 0 Å². The minimum Gasteiger partial charge on any atom is -0.356 e. The van der Waals surface area contributed by atoms with Crippen LogP contribution in [-0.4, -0.2) is 23.1 Å². The smallest absolute Gasteiger partial charge is 0.159 e. The van der Waals surface area contributed by atoms with Crippen LogP contribution >= 0.6 is 15.9 Å². The summed E-state index contributed by atoms with van der Waals surface area (Å²) in [4.78, 5) is 10.7. The quantitative estimate of drug-likeness (QED) is 0.657. The van der Waals surface area contributed by atoms with E-state index in [2.05, 4.69) is 50.2 Å². The van der Waals surface area contributed by atoms with Crippen molar-refractivity contribution >= 4 is 27.6 Å². The summed E-state index contributed by atoms with van der Waals surface area (Å²) in [6, 6.07) is 0.555. The number of rotatable bonds is 4. The second kappa shape index (κ2) is 6.52. The lowest BCUT2D eigenvalue weighted by Crippen LogP contribution is -2.36. The molecule has 19 heavy (non-hydrogen) atoms. The summed E-state index contributed by atoms with van der Waals surface area (Å²) in [6.45, 7) is 2.29. The molecule has 0 bridgehead atoms. The molecule has 0 amide bonds. The van der Waals surface area contributed by atoms with Gasteiger partial charge in [-0.3, -0.25) is 0 Å². The molecule has 5 nitrogen and oxygen atoms in total. The van der Waals surface area contributed by atoms with Crippen LogP contribution < -0.4 is 16.2 Å².